The van der Waals surface area contributed by atoms with Gasteiger partial charge in [-0.1, -0.05) is 66.2 Å². The van der Waals surface area contributed by atoms with E-state index >= 15 is 0 Å². The summed E-state index contributed by atoms with van der Waals surface area (Å²) in [5, 5.41) is 2.77. The van der Waals surface area contributed by atoms with E-state index in [1.807, 2.05) is 19.1 Å². The molecular formula is C32H25N3O5. The van der Waals surface area contributed by atoms with Gasteiger partial charge in [0.15, 0.2) is 6.61 Å². The van der Waals surface area contributed by atoms with Crippen molar-refractivity contribution in [2.75, 3.05) is 21.7 Å². The van der Waals surface area contributed by atoms with Crippen LogP contribution in [0.3, 0.4) is 0 Å². The number of anilines is 3. The van der Waals surface area contributed by atoms with E-state index in [1.54, 1.807) is 97.1 Å². The van der Waals surface area contributed by atoms with Crippen molar-refractivity contribution in [3.8, 4) is 5.75 Å². The largest absolute Gasteiger partial charge is 0.484 e. The number of hydrogen-bond acceptors (Lipinski definition) is 5. The summed E-state index contributed by atoms with van der Waals surface area (Å²) in [6, 6.07) is 30.2. The van der Waals surface area contributed by atoms with Crippen LogP contribution in [0, 0.1) is 6.92 Å². The second-order valence-electron chi connectivity index (χ2n) is 9.07. The topological polar surface area (TPSA) is 96.0 Å². The lowest BCUT2D eigenvalue weighted by molar-refractivity contribution is -0.121. The fourth-order valence-electron chi connectivity index (χ4n) is 4.18. The maximum Gasteiger partial charge on any atom is 0.343 e. The van der Waals surface area contributed by atoms with Gasteiger partial charge in [0.1, 0.15) is 11.3 Å². The van der Waals surface area contributed by atoms with E-state index in [0.717, 1.165) is 15.4 Å². The van der Waals surface area contributed by atoms with Crippen molar-refractivity contribution < 1.29 is 23.9 Å². The van der Waals surface area contributed by atoms with Crippen LogP contribution in [-0.4, -0.2) is 30.4 Å². The molecule has 40 heavy (non-hydrogen) atoms. The van der Waals surface area contributed by atoms with Gasteiger partial charge in [0.25, 0.3) is 17.7 Å². The highest BCUT2D eigenvalue weighted by atomic mass is 16.5. The molecule has 1 heterocycles. The Kier molecular flexibility index (Phi) is 7.50. The lowest BCUT2D eigenvalue weighted by Crippen LogP contribution is -2.57. The molecule has 198 valence electrons. The Labute approximate surface area is 231 Å². The minimum Gasteiger partial charge on any atom is -0.484 e. The minimum absolute atomic E-state index is 0.193. The summed E-state index contributed by atoms with van der Waals surface area (Å²) < 4.78 is 5.66. The van der Waals surface area contributed by atoms with Crippen molar-refractivity contribution in [3.63, 3.8) is 0 Å². The van der Waals surface area contributed by atoms with Gasteiger partial charge >= 0.3 is 6.03 Å². The first-order valence-corrected chi connectivity index (χ1v) is 12.5. The number of hydrogen-bond donors (Lipinski definition) is 1. The van der Waals surface area contributed by atoms with Crippen LogP contribution < -0.4 is 19.9 Å². The van der Waals surface area contributed by atoms with E-state index in [0.29, 0.717) is 28.4 Å². The normalized spacial score (nSPS) is 13.3. The summed E-state index contributed by atoms with van der Waals surface area (Å²) in [6.07, 6.45) is 1.42. The number of benzene rings is 4. The first-order valence-electron chi connectivity index (χ1n) is 12.5. The summed E-state index contributed by atoms with van der Waals surface area (Å²) in [6.45, 7) is 1.73. The molecule has 0 atom stereocenters. The smallest absolute Gasteiger partial charge is 0.343 e. The van der Waals surface area contributed by atoms with E-state index < -0.39 is 17.8 Å². The van der Waals surface area contributed by atoms with Gasteiger partial charge in [-0.15, -0.1) is 0 Å². The Morgan fingerprint density at radius 1 is 0.750 bits per heavy atom. The molecular weight excluding hydrogens is 506 g/mol. The molecule has 0 aromatic heterocycles. The van der Waals surface area contributed by atoms with E-state index in [2.05, 4.69) is 5.32 Å². The van der Waals surface area contributed by atoms with E-state index in [-0.39, 0.29) is 18.1 Å². The molecule has 4 aromatic rings. The lowest BCUT2D eigenvalue weighted by Gasteiger charge is -2.33. The Hall–Kier alpha value is -5.50. The number of aryl methyl sites for hydroxylation is 1. The number of barbiturate groups is 1. The first-order chi connectivity index (χ1) is 19.4. The number of nitrogens with one attached hydrogen (secondary N) is 1. The number of para-hydroxylation sites is 2. The Balaban J connectivity index is 1.40. The monoisotopic (exact) mass is 531 g/mol. The number of rotatable bonds is 7. The van der Waals surface area contributed by atoms with Gasteiger partial charge in [0.05, 0.1) is 11.4 Å². The summed E-state index contributed by atoms with van der Waals surface area (Å²) in [4.78, 5) is 54.8. The summed E-state index contributed by atoms with van der Waals surface area (Å²) in [5.74, 6) is -1.44. The van der Waals surface area contributed by atoms with Gasteiger partial charge < -0.3 is 10.1 Å². The van der Waals surface area contributed by atoms with Gasteiger partial charge in [-0.05, 0) is 67.1 Å². The molecule has 1 saturated heterocycles. The zero-order valence-electron chi connectivity index (χ0n) is 21.6. The number of amides is 5. The van der Waals surface area contributed by atoms with Gasteiger partial charge in [-0.2, -0.15) is 0 Å². The van der Waals surface area contributed by atoms with Crippen LogP contribution in [0.5, 0.6) is 5.75 Å². The SMILES string of the molecule is Cc1ccc(NC(=O)COc2cccc(C=C3C(=O)N(c4ccccc4)C(=O)N(c4ccccc4)C3=O)c2)cc1. The predicted molar refractivity (Wildman–Crippen MR) is 153 cm³/mol. The molecule has 0 spiro atoms. The van der Waals surface area contributed by atoms with Gasteiger partial charge in [0.2, 0.25) is 0 Å². The van der Waals surface area contributed by atoms with E-state index in [1.165, 1.54) is 6.08 Å². The molecule has 0 saturated carbocycles. The van der Waals surface area contributed by atoms with Crippen molar-refractivity contribution in [2.45, 2.75) is 6.92 Å². The molecule has 8 heteroatoms. The lowest BCUT2D eigenvalue weighted by atomic mass is 10.0. The number of carbonyl (C=O) groups excluding carboxylic acids is 4. The number of ether oxygens (including phenoxy) is 1. The third-order valence-electron chi connectivity index (χ3n) is 6.15. The fraction of sp³-hybridized carbons (Fsp3) is 0.0625. The molecule has 0 bridgehead atoms. The highest BCUT2D eigenvalue weighted by molar-refractivity contribution is 6.46. The fourth-order valence-corrected chi connectivity index (χ4v) is 4.18. The zero-order valence-corrected chi connectivity index (χ0v) is 21.6. The van der Waals surface area contributed by atoms with Crippen molar-refractivity contribution in [3.05, 3.63) is 126 Å². The first kappa shape index (κ1) is 26.1. The molecule has 0 aliphatic carbocycles. The van der Waals surface area contributed by atoms with Crippen LogP contribution in [-0.2, 0) is 14.4 Å². The van der Waals surface area contributed by atoms with Gasteiger partial charge in [-0.25, -0.2) is 14.6 Å². The Morgan fingerprint density at radius 3 is 1.90 bits per heavy atom. The Bertz CT molecular complexity index is 1540. The quantitative estimate of drug-likeness (QED) is 0.248. The second kappa shape index (κ2) is 11.5. The summed E-state index contributed by atoms with van der Waals surface area (Å²) >= 11 is 0. The van der Waals surface area contributed by atoms with Gasteiger partial charge in [-0.3, -0.25) is 14.4 Å². The highest BCUT2D eigenvalue weighted by Crippen LogP contribution is 2.30. The van der Waals surface area contributed by atoms with Crippen LogP contribution in [0.1, 0.15) is 11.1 Å². The highest BCUT2D eigenvalue weighted by Gasteiger charge is 2.43. The number of imide groups is 2. The molecule has 1 fully saturated rings. The molecule has 1 N–H and O–H groups in total. The average Bonchev–Trinajstić information content (AvgIpc) is 2.97. The standard InChI is InChI=1S/C32H25N3O5/c1-22-15-17-24(18-16-22)33-29(36)21-40-27-14-8-9-23(19-27)20-28-30(37)34(25-10-4-2-5-11-25)32(39)35(31(28)38)26-12-6-3-7-13-26/h2-20H,21H2,1H3,(H,33,36). The average molecular weight is 532 g/mol. The van der Waals surface area contributed by atoms with Crippen LogP contribution in [0.25, 0.3) is 6.08 Å². The maximum absolute atomic E-state index is 13.5. The van der Waals surface area contributed by atoms with Crippen molar-refractivity contribution in [1.82, 2.24) is 0 Å². The maximum atomic E-state index is 13.5. The van der Waals surface area contributed by atoms with E-state index in [9.17, 15) is 19.2 Å². The van der Waals surface area contributed by atoms with Crippen molar-refractivity contribution >= 4 is 46.9 Å². The molecule has 5 rings (SSSR count). The number of urea groups is 1. The molecule has 8 nitrogen and oxygen atoms in total. The van der Waals surface area contributed by atoms with Gasteiger partial charge in [0, 0.05) is 5.69 Å². The molecule has 0 radical (unpaired) electrons. The van der Waals surface area contributed by atoms with Crippen LogP contribution in [0.15, 0.2) is 115 Å². The molecule has 4 aromatic carbocycles. The van der Waals surface area contributed by atoms with E-state index in [4.69, 9.17) is 4.74 Å². The number of carbonyl (C=O) groups is 4. The zero-order chi connectivity index (χ0) is 28.1. The number of nitrogens with zero attached hydrogens (tertiary/aromatic N) is 2. The molecule has 5 amide bonds. The minimum atomic E-state index is -0.763. The van der Waals surface area contributed by atoms with Crippen molar-refractivity contribution in [1.29, 1.82) is 0 Å². The molecule has 0 unspecified atom stereocenters. The summed E-state index contributed by atoms with van der Waals surface area (Å²) in [5.41, 5.74) is 2.72. The third kappa shape index (κ3) is 5.66. The van der Waals surface area contributed by atoms with Crippen molar-refractivity contribution in [2.24, 2.45) is 0 Å². The summed E-state index contributed by atoms with van der Waals surface area (Å²) in [7, 11) is 0. The van der Waals surface area contributed by atoms with Crippen LogP contribution in [0.4, 0.5) is 21.9 Å². The molecule has 1 aliphatic heterocycles. The Morgan fingerprint density at radius 2 is 1.32 bits per heavy atom. The second-order valence-corrected chi connectivity index (χ2v) is 9.07. The van der Waals surface area contributed by atoms with Crippen LogP contribution >= 0.6 is 0 Å². The third-order valence-corrected chi connectivity index (χ3v) is 6.15. The molecule has 1 aliphatic rings. The van der Waals surface area contributed by atoms with Crippen LogP contribution in [0.2, 0.25) is 0 Å². The predicted octanol–water partition coefficient (Wildman–Crippen LogP) is 5.60.